The van der Waals surface area contributed by atoms with Gasteiger partial charge in [-0.2, -0.15) is 0 Å². The van der Waals surface area contributed by atoms with Crippen molar-refractivity contribution in [3.8, 4) is 22.8 Å². The third-order valence-electron chi connectivity index (χ3n) is 10.2. The minimum Gasteiger partial charge on any atom is -0.307 e. The van der Waals surface area contributed by atoms with E-state index >= 15 is 0 Å². The summed E-state index contributed by atoms with van der Waals surface area (Å²) in [4.78, 5) is 19.3. The number of fused-ring (bicyclic) bond motifs is 9. The molecule has 0 aliphatic heterocycles. The molecule has 11 aromatic rings. The summed E-state index contributed by atoms with van der Waals surface area (Å²) in [5.41, 5.74) is 9.16. The van der Waals surface area contributed by atoms with Crippen molar-refractivity contribution < 1.29 is 0 Å². The van der Waals surface area contributed by atoms with E-state index in [-0.39, 0.29) is 5.56 Å². The summed E-state index contributed by atoms with van der Waals surface area (Å²) in [5, 5.41) is 7.38. The SMILES string of the molecule is O=c1c2ccccc2c2cc(-n3c4ccccc4c4ccc5c6ccccc6n(-c6ccccc6)c5c43)cc3nc(-c4ccccc4)n1c32. The van der Waals surface area contributed by atoms with E-state index in [2.05, 4.69) is 118 Å². The van der Waals surface area contributed by atoms with E-state index in [1.54, 1.807) is 0 Å². The quantitative estimate of drug-likeness (QED) is 0.183. The molecule has 0 saturated heterocycles. The minimum absolute atomic E-state index is 0.0526. The largest absolute Gasteiger partial charge is 0.307 e. The van der Waals surface area contributed by atoms with Gasteiger partial charge in [0.15, 0.2) is 0 Å². The fourth-order valence-electron chi connectivity index (χ4n) is 8.15. The second kappa shape index (κ2) is 9.66. The van der Waals surface area contributed by atoms with Crippen LogP contribution in [0.4, 0.5) is 0 Å². The van der Waals surface area contributed by atoms with Gasteiger partial charge in [0.05, 0.1) is 33.1 Å². The van der Waals surface area contributed by atoms with E-state index in [1.165, 1.54) is 21.5 Å². The average molecular weight is 627 g/mol. The Morgan fingerprint density at radius 1 is 0.408 bits per heavy atom. The van der Waals surface area contributed by atoms with Crippen molar-refractivity contribution in [1.82, 2.24) is 18.5 Å². The first-order valence-electron chi connectivity index (χ1n) is 16.5. The topological polar surface area (TPSA) is 44.2 Å². The molecule has 0 atom stereocenters. The van der Waals surface area contributed by atoms with E-state index in [0.29, 0.717) is 11.2 Å². The number of pyridine rings is 1. The molecule has 0 unspecified atom stereocenters. The molecule has 5 nitrogen and oxygen atoms in total. The Morgan fingerprint density at radius 3 is 1.59 bits per heavy atom. The maximum Gasteiger partial charge on any atom is 0.264 e. The van der Waals surface area contributed by atoms with E-state index in [1.807, 2.05) is 52.9 Å². The molecule has 0 fully saturated rings. The van der Waals surface area contributed by atoms with Crippen molar-refractivity contribution in [2.75, 3.05) is 0 Å². The van der Waals surface area contributed by atoms with Gasteiger partial charge in [-0.3, -0.25) is 9.20 Å². The Balaban J connectivity index is 1.36. The van der Waals surface area contributed by atoms with Gasteiger partial charge in [-0.15, -0.1) is 0 Å². The molecule has 11 rings (SSSR count). The number of hydrogen-bond acceptors (Lipinski definition) is 2. The molecule has 228 valence electrons. The van der Waals surface area contributed by atoms with Gasteiger partial charge < -0.3 is 9.13 Å². The molecule has 4 heterocycles. The van der Waals surface area contributed by atoms with Gasteiger partial charge in [0.1, 0.15) is 5.82 Å². The van der Waals surface area contributed by atoms with Gasteiger partial charge in [0.25, 0.3) is 5.56 Å². The first kappa shape index (κ1) is 26.4. The molecule has 0 amide bonds. The summed E-state index contributed by atoms with van der Waals surface area (Å²) in [7, 11) is 0. The highest BCUT2D eigenvalue weighted by Crippen LogP contribution is 2.43. The van der Waals surface area contributed by atoms with Gasteiger partial charge in [0.2, 0.25) is 0 Å². The molecule has 0 aliphatic carbocycles. The highest BCUT2D eigenvalue weighted by Gasteiger charge is 2.24. The lowest BCUT2D eigenvalue weighted by Gasteiger charge is -2.14. The summed E-state index contributed by atoms with van der Waals surface area (Å²) in [6.45, 7) is 0. The summed E-state index contributed by atoms with van der Waals surface area (Å²) in [6.07, 6.45) is 0. The molecular weight excluding hydrogens is 601 g/mol. The fraction of sp³-hybridized carbons (Fsp3) is 0. The molecule has 0 bridgehead atoms. The first-order valence-corrected chi connectivity index (χ1v) is 16.5. The number of hydrogen-bond donors (Lipinski definition) is 0. The molecule has 7 aromatic carbocycles. The van der Waals surface area contributed by atoms with Crippen molar-refractivity contribution >= 4 is 70.8 Å². The number of benzene rings is 7. The number of rotatable bonds is 3. The number of nitrogens with zero attached hydrogens (tertiary/aromatic N) is 4. The third-order valence-corrected chi connectivity index (χ3v) is 10.2. The maximum atomic E-state index is 14.1. The summed E-state index contributed by atoms with van der Waals surface area (Å²) in [5.74, 6) is 0.655. The first-order chi connectivity index (χ1) is 24.3. The van der Waals surface area contributed by atoms with E-state index in [9.17, 15) is 4.79 Å². The zero-order valence-electron chi connectivity index (χ0n) is 26.2. The second-order valence-electron chi connectivity index (χ2n) is 12.7. The average Bonchev–Trinajstić information content (AvgIpc) is 3.83. The van der Waals surface area contributed by atoms with Gasteiger partial charge >= 0.3 is 0 Å². The van der Waals surface area contributed by atoms with Crippen LogP contribution >= 0.6 is 0 Å². The van der Waals surface area contributed by atoms with E-state index in [0.717, 1.165) is 60.8 Å². The predicted molar refractivity (Wildman–Crippen MR) is 202 cm³/mol. The van der Waals surface area contributed by atoms with Gasteiger partial charge in [-0.1, -0.05) is 115 Å². The van der Waals surface area contributed by atoms with Crippen LogP contribution in [0.5, 0.6) is 0 Å². The zero-order valence-corrected chi connectivity index (χ0v) is 26.2. The van der Waals surface area contributed by atoms with Crippen LogP contribution in [0, 0.1) is 0 Å². The third kappa shape index (κ3) is 3.48. The summed E-state index contributed by atoms with van der Waals surface area (Å²) >= 11 is 0. The highest BCUT2D eigenvalue weighted by atomic mass is 16.1. The molecule has 0 radical (unpaired) electrons. The second-order valence-corrected chi connectivity index (χ2v) is 12.7. The Morgan fingerprint density at radius 2 is 0.939 bits per heavy atom. The predicted octanol–water partition coefficient (Wildman–Crippen LogP) is 10.3. The Labute approximate surface area is 279 Å². The van der Waals surface area contributed by atoms with Crippen LogP contribution in [0.15, 0.2) is 163 Å². The van der Waals surface area contributed by atoms with Crippen molar-refractivity contribution in [1.29, 1.82) is 0 Å². The van der Waals surface area contributed by atoms with Crippen LogP contribution in [-0.4, -0.2) is 18.5 Å². The molecular formula is C44H26N4O. The maximum absolute atomic E-state index is 14.1. The number of aromatic nitrogens is 4. The van der Waals surface area contributed by atoms with Crippen LogP contribution < -0.4 is 5.56 Å². The van der Waals surface area contributed by atoms with Gasteiger partial charge in [-0.25, -0.2) is 4.98 Å². The lowest BCUT2D eigenvalue weighted by Crippen LogP contribution is -2.14. The molecule has 0 saturated carbocycles. The van der Waals surface area contributed by atoms with Crippen LogP contribution in [0.2, 0.25) is 0 Å². The fourth-order valence-corrected chi connectivity index (χ4v) is 8.15. The van der Waals surface area contributed by atoms with Crippen molar-refractivity contribution in [2.45, 2.75) is 0 Å². The monoisotopic (exact) mass is 626 g/mol. The molecule has 0 spiro atoms. The lowest BCUT2D eigenvalue weighted by atomic mass is 10.0. The van der Waals surface area contributed by atoms with E-state index in [4.69, 9.17) is 4.98 Å². The standard InChI is InChI=1S/C44H26N4O/c49-44-35-20-8-7-17-30(35)36-25-29(26-37-40(36)48(44)43(45-37)27-13-3-1-4-14-27)47-39-22-12-10-19-32(39)34-24-23-33-31-18-9-11-21-38(31)46(41(33)42(34)47)28-15-5-2-6-16-28/h1-26H. The Hall–Kier alpha value is -6.72. The Kier molecular flexibility index (Phi) is 5.19. The van der Waals surface area contributed by atoms with Crippen LogP contribution in [0.25, 0.3) is 93.6 Å². The number of imidazole rings is 1. The van der Waals surface area contributed by atoms with Crippen LogP contribution in [-0.2, 0) is 0 Å². The minimum atomic E-state index is -0.0526. The number of para-hydroxylation sites is 3. The Bertz CT molecular complexity index is 3170. The lowest BCUT2D eigenvalue weighted by molar-refractivity contribution is 1.13. The molecule has 0 aliphatic rings. The van der Waals surface area contributed by atoms with Crippen LogP contribution in [0.1, 0.15) is 0 Å². The summed E-state index contributed by atoms with van der Waals surface area (Å²) < 4.78 is 6.62. The van der Waals surface area contributed by atoms with Crippen LogP contribution in [0.3, 0.4) is 0 Å². The molecule has 5 heteroatoms. The highest BCUT2D eigenvalue weighted by molar-refractivity contribution is 6.24. The molecule has 4 aromatic heterocycles. The summed E-state index contributed by atoms with van der Waals surface area (Å²) in [6, 6.07) is 54.8. The smallest absolute Gasteiger partial charge is 0.264 e. The van der Waals surface area contributed by atoms with Crippen molar-refractivity contribution in [2.24, 2.45) is 0 Å². The van der Waals surface area contributed by atoms with Crippen molar-refractivity contribution in [3.05, 3.63) is 168 Å². The van der Waals surface area contributed by atoms with Gasteiger partial charge in [0, 0.05) is 49.3 Å². The molecule has 0 N–H and O–H groups in total. The zero-order chi connectivity index (χ0) is 32.2. The van der Waals surface area contributed by atoms with E-state index < -0.39 is 0 Å². The molecule has 49 heavy (non-hydrogen) atoms. The van der Waals surface area contributed by atoms with Crippen molar-refractivity contribution in [3.63, 3.8) is 0 Å². The van der Waals surface area contributed by atoms with Gasteiger partial charge in [-0.05, 0) is 47.9 Å². The normalized spacial score (nSPS) is 12.2.